The first-order chi connectivity index (χ1) is 12.9. The first-order valence-corrected chi connectivity index (χ1v) is 9.94. The second kappa shape index (κ2) is 8.59. The summed E-state index contributed by atoms with van der Waals surface area (Å²) in [5, 5.41) is 0. The van der Waals surface area contributed by atoms with Crippen molar-refractivity contribution in [2.24, 2.45) is 17.6 Å². The van der Waals surface area contributed by atoms with Gasteiger partial charge in [0.1, 0.15) is 5.75 Å². The van der Waals surface area contributed by atoms with Crippen molar-refractivity contribution in [3.05, 3.63) is 42.0 Å². The maximum atomic E-state index is 12.8. The summed E-state index contributed by atoms with van der Waals surface area (Å²) < 4.78 is 6.03. The van der Waals surface area contributed by atoms with E-state index >= 15 is 0 Å². The summed E-state index contributed by atoms with van der Waals surface area (Å²) in [6, 6.07) is 7.43. The van der Waals surface area contributed by atoms with Gasteiger partial charge in [0.15, 0.2) is 0 Å². The Balaban J connectivity index is 1.56. The van der Waals surface area contributed by atoms with Gasteiger partial charge in [-0.15, -0.1) is 0 Å². The molecule has 3 rings (SSSR count). The highest BCUT2D eigenvalue weighted by Crippen LogP contribution is 2.28. The highest BCUT2D eigenvalue weighted by Gasteiger charge is 2.26. The fourth-order valence-electron chi connectivity index (χ4n) is 4.12. The molecule has 0 aromatic heterocycles. The summed E-state index contributed by atoms with van der Waals surface area (Å²) in [7, 11) is 0. The molecule has 1 aromatic carbocycles. The Labute approximate surface area is 161 Å². The summed E-state index contributed by atoms with van der Waals surface area (Å²) in [6.45, 7) is 7.78. The van der Waals surface area contributed by atoms with Gasteiger partial charge in [0, 0.05) is 24.6 Å². The molecule has 2 aliphatic rings. The summed E-state index contributed by atoms with van der Waals surface area (Å²) >= 11 is 0. The molecule has 2 fully saturated rings. The number of carbonyl (C=O) groups is 2. The lowest BCUT2D eigenvalue weighted by Crippen LogP contribution is -2.34. The predicted molar refractivity (Wildman–Crippen MR) is 105 cm³/mol. The lowest BCUT2D eigenvalue weighted by Gasteiger charge is -2.27. The van der Waals surface area contributed by atoms with Crippen LogP contribution in [0.2, 0.25) is 0 Å². The number of nitrogens with zero attached hydrogens (tertiary/aromatic N) is 1. The molecule has 2 N–H and O–H groups in total. The fraction of sp³-hybridized carbons (Fsp3) is 0.545. The first kappa shape index (κ1) is 19.5. The first-order valence-electron chi connectivity index (χ1n) is 9.94. The van der Waals surface area contributed by atoms with Crippen LogP contribution in [-0.4, -0.2) is 35.9 Å². The Bertz CT molecular complexity index is 690. The molecule has 1 saturated carbocycles. The number of hydrogen-bond acceptors (Lipinski definition) is 3. The molecular formula is C22H30N2O3. The molecule has 5 heteroatoms. The van der Waals surface area contributed by atoms with Gasteiger partial charge in [-0.1, -0.05) is 19.1 Å². The maximum absolute atomic E-state index is 12.8. The molecule has 146 valence electrons. The smallest absolute Gasteiger partial charge is 0.253 e. The number of ether oxygens (including phenoxy) is 1. The maximum Gasteiger partial charge on any atom is 0.253 e. The van der Waals surface area contributed by atoms with Crippen LogP contribution in [0.1, 0.15) is 55.8 Å². The summed E-state index contributed by atoms with van der Waals surface area (Å²) in [6.07, 6.45) is 5.23. The van der Waals surface area contributed by atoms with Gasteiger partial charge in [-0.05, 0) is 68.7 Å². The van der Waals surface area contributed by atoms with Crippen LogP contribution in [0.3, 0.4) is 0 Å². The Hall–Kier alpha value is -2.30. The van der Waals surface area contributed by atoms with Crippen LogP contribution in [0.25, 0.3) is 0 Å². The molecular weight excluding hydrogens is 340 g/mol. The van der Waals surface area contributed by atoms with Crippen molar-refractivity contribution >= 4 is 11.8 Å². The predicted octanol–water partition coefficient (Wildman–Crippen LogP) is 3.54. The van der Waals surface area contributed by atoms with Crippen LogP contribution in [0.15, 0.2) is 36.4 Å². The van der Waals surface area contributed by atoms with Crippen LogP contribution >= 0.6 is 0 Å². The van der Waals surface area contributed by atoms with Crippen molar-refractivity contribution in [2.75, 3.05) is 13.1 Å². The van der Waals surface area contributed by atoms with Crippen LogP contribution in [-0.2, 0) is 4.79 Å². The van der Waals surface area contributed by atoms with Crippen molar-refractivity contribution in [3.63, 3.8) is 0 Å². The Morgan fingerprint density at radius 2 is 1.81 bits per heavy atom. The van der Waals surface area contributed by atoms with Gasteiger partial charge >= 0.3 is 0 Å². The standard InChI is InChI=1S/C22H30N2O3/c1-15-11-12-24(14-16(2)13-15)22(26)18-5-9-20(10-6-18)27-19-7-3-17(4-8-19)21(23)25/h5-6,9-10,16-17,19H,1,3-4,7-8,11-14H2,2H3,(H2,23,25). The Kier molecular flexibility index (Phi) is 6.19. The van der Waals surface area contributed by atoms with Gasteiger partial charge in [0.2, 0.25) is 5.91 Å². The zero-order chi connectivity index (χ0) is 19.4. The Morgan fingerprint density at radius 1 is 1.15 bits per heavy atom. The lowest BCUT2D eigenvalue weighted by molar-refractivity contribution is -0.123. The average molecular weight is 370 g/mol. The third-order valence-corrected chi connectivity index (χ3v) is 5.67. The number of hydrogen-bond donors (Lipinski definition) is 1. The third kappa shape index (κ3) is 5.12. The molecule has 1 unspecified atom stereocenters. The molecule has 1 heterocycles. The number of primary amides is 1. The second-order valence-electron chi connectivity index (χ2n) is 8.08. The molecule has 0 radical (unpaired) electrons. The molecule has 1 saturated heterocycles. The van der Waals surface area contributed by atoms with E-state index in [0.29, 0.717) is 11.5 Å². The fourth-order valence-corrected chi connectivity index (χ4v) is 4.12. The van der Waals surface area contributed by atoms with Crippen LogP contribution < -0.4 is 10.5 Å². The van der Waals surface area contributed by atoms with Gasteiger partial charge in [-0.25, -0.2) is 0 Å². The van der Waals surface area contributed by atoms with E-state index in [4.69, 9.17) is 10.5 Å². The lowest BCUT2D eigenvalue weighted by atomic mass is 9.87. The number of rotatable bonds is 4. The molecule has 5 nitrogen and oxygen atoms in total. The van der Waals surface area contributed by atoms with Gasteiger partial charge < -0.3 is 15.4 Å². The average Bonchev–Trinajstić information content (AvgIpc) is 2.82. The quantitative estimate of drug-likeness (QED) is 0.824. The summed E-state index contributed by atoms with van der Waals surface area (Å²) in [5.74, 6) is 1.07. The molecule has 2 amide bonds. The zero-order valence-electron chi connectivity index (χ0n) is 16.2. The number of benzene rings is 1. The minimum absolute atomic E-state index is 0.0167. The van der Waals surface area contributed by atoms with E-state index in [-0.39, 0.29) is 23.8 Å². The normalized spacial score (nSPS) is 26.3. The molecule has 0 bridgehead atoms. The van der Waals surface area contributed by atoms with Gasteiger partial charge in [0.05, 0.1) is 6.10 Å². The van der Waals surface area contributed by atoms with E-state index in [9.17, 15) is 9.59 Å². The van der Waals surface area contributed by atoms with Crippen molar-refractivity contribution in [3.8, 4) is 5.75 Å². The summed E-state index contributed by atoms with van der Waals surface area (Å²) in [5.41, 5.74) is 7.30. The number of amides is 2. The van der Waals surface area contributed by atoms with Crippen LogP contribution in [0.5, 0.6) is 5.75 Å². The molecule has 27 heavy (non-hydrogen) atoms. The van der Waals surface area contributed by atoms with Crippen molar-refractivity contribution in [1.29, 1.82) is 0 Å². The monoisotopic (exact) mass is 370 g/mol. The number of nitrogens with two attached hydrogens (primary N) is 1. The van der Waals surface area contributed by atoms with Crippen molar-refractivity contribution in [2.45, 2.75) is 51.6 Å². The van der Waals surface area contributed by atoms with Gasteiger partial charge in [-0.2, -0.15) is 0 Å². The number of likely N-dealkylation sites (tertiary alicyclic amines) is 1. The highest BCUT2D eigenvalue weighted by atomic mass is 16.5. The van der Waals surface area contributed by atoms with Gasteiger partial charge in [0.25, 0.3) is 5.91 Å². The van der Waals surface area contributed by atoms with Crippen molar-refractivity contribution in [1.82, 2.24) is 4.90 Å². The van der Waals surface area contributed by atoms with Crippen LogP contribution in [0, 0.1) is 11.8 Å². The van der Waals surface area contributed by atoms with Crippen molar-refractivity contribution < 1.29 is 14.3 Å². The zero-order valence-corrected chi connectivity index (χ0v) is 16.2. The second-order valence-corrected chi connectivity index (χ2v) is 8.08. The highest BCUT2D eigenvalue weighted by molar-refractivity contribution is 5.94. The third-order valence-electron chi connectivity index (χ3n) is 5.67. The molecule has 1 aromatic rings. The molecule has 1 aliphatic heterocycles. The van der Waals surface area contributed by atoms with E-state index in [2.05, 4.69) is 13.5 Å². The largest absolute Gasteiger partial charge is 0.490 e. The van der Waals surface area contributed by atoms with E-state index in [1.165, 1.54) is 5.57 Å². The topological polar surface area (TPSA) is 72.6 Å². The van der Waals surface area contributed by atoms with E-state index in [1.807, 2.05) is 29.2 Å². The molecule has 0 spiro atoms. The molecule has 1 atom stereocenters. The summed E-state index contributed by atoms with van der Waals surface area (Å²) in [4.78, 5) is 26.0. The number of carbonyl (C=O) groups excluding carboxylic acids is 2. The SMILES string of the molecule is C=C1CCN(C(=O)c2ccc(OC3CCC(C(N)=O)CC3)cc2)CC(C)C1. The Morgan fingerprint density at radius 3 is 2.44 bits per heavy atom. The molecule has 1 aliphatic carbocycles. The van der Waals surface area contributed by atoms with E-state index in [1.54, 1.807) is 0 Å². The van der Waals surface area contributed by atoms with Gasteiger partial charge in [-0.3, -0.25) is 9.59 Å². The van der Waals surface area contributed by atoms with E-state index in [0.717, 1.165) is 57.4 Å². The van der Waals surface area contributed by atoms with E-state index < -0.39 is 0 Å². The minimum atomic E-state index is -0.206. The van der Waals surface area contributed by atoms with Crippen LogP contribution in [0.4, 0.5) is 0 Å². The minimum Gasteiger partial charge on any atom is -0.490 e.